The SMILES string of the molecule is COCCCn1c(SCc2cc(F)ccc2OC)n[nH]c1=O. The van der Waals surface area contributed by atoms with Crippen molar-refractivity contribution >= 4 is 11.8 Å². The van der Waals surface area contributed by atoms with Gasteiger partial charge in [-0.3, -0.25) is 4.57 Å². The molecule has 1 N–H and O–H groups in total. The molecule has 1 aromatic heterocycles. The van der Waals surface area contributed by atoms with Crippen molar-refractivity contribution in [3.63, 3.8) is 0 Å². The van der Waals surface area contributed by atoms with Crippen molar-refractivity contribution in [1.82, 2.24) is 14.8 Å². The molecule has 0 amide bonds. The fraction of sp³-hybridized carbons (Fsp3) is 0.429. The van der Waals surface area contributed by atoms with E-state index in [4.69, 9.17) is 9.47 Å². The first-order valence-corrected chi connectivity index (χ1v) is 7.73. The standard InChI is InChI=1S/C14H18FN3O3S/c1-20-7-3-6-18-13(19)16-17-14(18)22-9-10-8-11(15)4-5-12(10)21-2/h4-5,8H,3,6-7,9H2,1-2H3,(H,16,19). The second-order valence-electron chi connectivity index (χ2n) is 4.55. The minimum Gasteiger partial charge on any atom is -0.496 e. The molecule has 0 aliphatic heterocycles. The van der Waals surface area contributed by atoms with Crippen LogP contribution in [0, 0.1) is 5.82 Å². The molecule has 0 saturated heterocycles. The van der Waals surface area contributed by atoms with Crippen LogP contribution in [-0.4, -0.2) is 35.6 Å². The van der Waals surface area contributed by atoms with Crippen molar-refractivity contribution in [1.29, 1.82) is 0 Å². The predicted octanol–water partition coefficient (Wildman–Crippen LogP) is 2.05. The van der Waals surface area contributed by atoms with E-state index in [0.717, 1.165) is 0 Å². The van der Waals surface area contributed by atoms with E-state index in [0.29, 0.717) is 41.8 Å². The number of aromatic amines is 1. The quantitative estimate of drug-likeness (QED) is 0.593. The largest absolute Gasteiger partial charge is 0.496 e. The molecule has 0 bridgehead atoms. The zero-order chi connectivity index (χ0) is 15.9. The molecule has 8 heteroatoms. The number of methoxy groups -OCH3 is 2. The lowest BCUT2D eigenvalue weighted by Gasteiger charge is -2.09. The molecule has 1 aromatic carbocycles. The summed E-state index contributed by atoms with van der Waals surface area (Å²) in [4.78, 5) is 11.7. The molecule has 0 aliphatic rings. The zero-order valence-electron chi connectivity index (χ0n) is 12.5. The van der Waals surface area contributed by atoms with E-state index in [1.165, 1.54) is 31.0 Å². The van der Waals surface area contributed by atoms with Gasteiger partial charge in [-0.05, 0) is 24.6 Å². The summed E-state index contributed by atoms with van der Waals surface area (Å²) < 4.78 is 25.1. The number of nitrogens with one attached hydrogen (secondary N) is 1. The highest BCUT2D eigenvalue weighted by Gasteiger charge is 2.11. The van der Waals surface area contributed by atoms with Crippen LogP contribution in [0.2, 0.25) is 0 Å². The Morgan fingerprint density at radius 1 is 1.41 bits per heavy atom. The van der Waals surface area contributed by atoms with Crippen LogP contribution in [0.3, 0.4) is 0 Å². The molecule has 0 spiro atoms. The molecule has 0 saturated carbocycles. The number of hydrogen-bond acceptors (Lipinski definition) is 5. The van der Waals surface area contributed by atoms with E-state index >= 15 is 0 Å². The monoisotopic (exact) mass is 327 g/mol. The zero-order valence-corrected chi connectivity index (χ0v) is 13.3. The number of thioether (sulfide) groups is 1. The molecule has 0 atom stereocenters. The van der Waals surface area contributed by atoms with Gasteiger partial charge in [0.2, 0.25) is 0 Å². The molecule has 6 nitrogen and oxygen atoms in total. The third-order valence-electron chi connectivity index (χ3n) is 3.05. The van der Waals surface area contributed by atoms with Gasteiger partial charge < -0.3 is 9.47 Å². The summed E-state index contributed by atoms with van der Waals surface area (Å²) in [5, 5.41) is 6.99. The number of benzene rings is 1. The van der Waals surface area contributed by atoms with Gasteiger partial charge in [-0.15, -0.1) is 5.10 Å². The lowest BCUT2D eigenvalue weighted by molar-refractivity contribution is 0.189. The molecule has 2 rings (SSSR count). The highest BCUT2D eigenvalue weighted by Crippen LogP contribution is 2.27. The van der Waals surface area contributed by atoms with E-state index in [-0.39, 0.29) is 11.5 Å². The normalized spacial score (nSPS) is 10.9. The fourth-order valence-electron chi connectivity index (χ4n) is 1.98. The number of halogens is 1. The Balaban J connectivity index is 2.09. The van der Waals surface area contributed by atoms with Gasteiger partial charge in [0.15, 0.2) is 5.16 Å². The minimum absolute atomic E-state index is 0.259. The Bertz CT molecular complexity index is 672. The highest BCUT2D eigenvalue weighted by molar-refractivity contribution is 7.98. The maximum absolute atomic E-state index is 13.3. The van der Waals surface area contributed by atoms with Gasteiger partial charge >= 0.3 is 5.69 Å². The first-order valence-electron chi connectivity index (χ1n) is 6.75. The van der Waals surface area contributed by atoms with Crippen molar-refractivity contribution in [2.24, 2.45) is 0 Å². The third-order valence-corrected chi connectivity index (χ3v) is 4.08. The molecular formula is C14H18FN3O3S. The Morgan fingerprint density at radius 2 is 2.23 bits per heavy atom. The van der Waals surface area contributed by atoms with Crippen LogP contribution in [0.1, 0.15) is 12.0 Å². The number of aromatic nitrogens is 3. The van der Waals surface area contributed by atoms with E-state index in [1.54, 1.807) is 17.7 Å². The second-order valence-corrected chi connectivity index (χ2v) is 5.50. The van der Waals surface area contributed by atoms with E-state index < -0.39 is 0 Å². The fourth-order valence-corrected chi connectivity index (χ4v) is 2.93. The van der Waals surface area contributed by atoms with Crippen LogP contribution in [0.5, 0.6) is 5.75 Å². The highest BCUT2D eigenvalue weighted by atomic mass is 32.2. The van der Waals surface area contributed by atoms with E-state index in [1.807, 2.05) is 0 Å². The Labute approximate surface area is 131 Å². The van der Waals surface area contributed by atoms with Gasteiger partial charge in [0.05, 0.1) is 7.11 Å². The summed E-state index contributed by atoms with van der Waals surface area (Å²) in [5.74, 6) is 0.740. The molecule has 0 fully saturated rings. The summed E-state index contributed by atoms with van der Waals surface area (Å²) in [6.07, 6.45) is 0.715. The summed E-state index contributed by atoms with van der Waals surface area (Å²) in [7, 11) is 3.15. The number of ether oxygens (including phenoxy) is 2. The molecule has 1 heterocycles. The van der Waals surface area contributed by atoms with Gasteiger partial charge in [0, 0.05) is 31.6 Å². The summed E-state index contributed by atoms with van der Waals surface area (Å²) in [6, 6.07) is 4.36. The van der Waals surface area contributed by atoms with Gasteiger partial charge in [-0.1, -0.05) is 11.8 Å². The lowest BCUT2D eigenvalue weighted by atomic mass is 10.2. The van der Waals surface area contributed by atoms with Crippen molar-refractivity contribution in [2.75, 3.05) is 20.8 Å². The van der Waals surface area contributed by atoms with Gasteiger partial charge in [0.1, 0.15) is 11.6 Å². The number of hydrogen-bond donors (Lipinski definition) is 1. The average molecular weight is 327 g/mol. The Morgan fingerprint density at radius 3 is 2.95 bits per heavy atom. The van der Waals surface area contributed by atoms with Crippen molar-refractivity contribution in [3.05, 3.63) is 40.1 Å². The Hall–Kier alpha value is -1.80. The molecule has 0 radical (unpaired) electrons. The third kappa shape index (κ3) is 4.11. The van der Waals surface area contributed by atoms with Crippen molar-refractivity contribution in [2.45, 2.75) is 23.9 Å². The van der Waals surface area contributed by atoms with Crippen LogP contribution in [0.25, 0.3) is 0 Å². The number of H-pyrrole nitrogens is 1. The molecule has 22 heavy (non-hydrogen) atoms. The summed E-state index contributed by atoms with van der Waals surface area (Å²) in [5.41, 5.74) is 0.455. The molecule has 0 aliphatic carbocycles. The predicted molar refractivity (Wildman–Crippen MR) is 81.9 cm³/mol. The number of rotatable bonds is 8. The Kier molecular flexibility index (Phi) is 6.02. The first kappa shape index (κ1) is 16.6. The molecular weight excluding hydrogens is 309 g/mol. The summed E-state index contributed by atoms with van der Waals surface area (Å²) in [6.45, 7) is 1.09. The van der Waals surface area contributed by atoms with Gasteiger partial charge in [-0.25, -0.2) is 14.3 Å². The molecule has 0 unspecified atom stereocenters. The topological polar surface area (TPSA) is 69.1 Å². The van der Waals surface area contributed by atoms with E-state index in [9.17, 15) is 9.18 Å². The van der Waals surface area contributed by atoms with Crippen molar-refractivity contribution in [3.8, 4) is 5.75 Å². The maximum Gasteiger partial charge on any atom is 0.343 e. The molecule has 2 aromatic rings. The van der Waals surface area contributed by atoms with Gasteiger partial charge in [-0.2, -0.15) is 0 Å². The smallest absolute Gasteiger partial charge is 0.343 e. The van der Waals surface area contributed by atoms with Crippen LogP contribution in [0.15, 0.2) is 28.2 Å². The van der Waals surface area contributed by atoms with Crippen LogP contribution in [-0.2, 0) is 17.0 Å². The molecule has 120 valence electrons. The maximum atomic E-state index is 13.3. The van der Waals surface area contributed by atoms with Crippen LogP contribution in [0.4, 0.5) is 4.39 Å². The summed E-state index contributed by atoms with van der Waals surface area (Å²) >= 11 is 1.35. The average Bonchev–Trinajstić information content (AvgIpc) is 2.86. The number of nitrogens with zero attached hydrogens (tertiary/aromatic N) is 2. The van der Waals surface area contributed by atoms with E-state index in [2.05, 4.69) is 10.2 Å². The van der Waals surface area contributed by atoms with Crippen molar-refractivity contribution < 1.29 is 13.9 Å². The van der Waals surface area contributed by atoms with Crippen LogP contribution >= 0.6 is 11.8 Å². The van der Waals surface area contributed by atoms with Crippen LogP contribution < -0.4 is 10.4 Å². The first-order chi connectivity index (χ1) is 10.7. The second kappa shape index (κ2) is 8.00. The lowest BCUT2D eigenvalue weighted by Crippen LogP contribution is -2.18. The minimum atomic E-state index is -0.323. The van der Waals surface area contributed by atoms with Gasteiger partial charge in [0.25, 0.3) is 0 Å².